The first-order valence-electron chi connectivity index (χ1n) is 4.75. The van der Waals surface area contributed by atoms with Crippen LogP contribution < -0.4 is 5.56 Å². The van der Waals surface area contributed by atoms with E-state index < -0.39 is 0 Å². The number of rotatable bonds is 2. The SMILES string of the molecule is CC(=O)Cn1ccc(=O)n2cc(C)cc12. The number of carbonyl (C=O) groups is 1. The van der Waals surface area contributed by atoms with E-state index in [9.17, 15) is 9.59 Å². The van der Waals surface area contributed by atoms with Crippen molar-refractivity contribution in [2.45, 2.75) is 20.4 Å². The van der Waals surface area contributed by atoms with Crippen molar-refractivity contribution in [3.8, 4) is 0 Å². The Hall–Kier alpha value is -1.84. The van der Waals surface area contributed by atoms with E-state index in [1.807, 2.05) is 13.0 Å². The first-order chi connectivity index (χ1) is 7.08. The Balaban J connectivity index is 2.71. The van der Waals surface area contributed by atoms with E-state index in [4.69, 9.17) is 0 Å². The third-order valence-electron chi connectivity index (χ3n) is 2.26. The van der Waals surface area contributed by atoms with Gasteiger partial charge in [-0.1, -0.05) is 0 Å². The summed E-state index contributed by atoms with van der Waals surface area (Å²) >= 11 is 0. The number of fused-ring (bicyclic) bond motifs is 1. The summed E-state index contributed by atoms with van der Waals surface area (Å²) in [5, 5.41) is 0. The van der Waals surface area contributed by atoms with Crippen LogP contribution in [0, 0.1) is 6.92 Å². The van der Waals surface area contributed by atoms with E-state index in [0.717, 1.165) is 11.2 Å². The molecule has 0 aliphatic carbocycles. The summed E-state index contributed by atoms with van der Waals surface area (Å²) in [6.07, 6.45) is 3.42. The van der Waals surface area contributed by atoms with Crippen LogP contribution in [0.1, 0.15) is 12.5 Å². The topological polar surface area (TPSA) is 43.5 Å². The number of aromatic nitrogens is 2. The fourth-order valence-electron chi connectivity index (χ4n) is 1.66. The second-order valence-electron chi connectivity index (χ2n) is 3.73. The van der Waals surface area contributed by atoms with E-state index in [1.54, 1.807) is 21.4 Å². The van der Waals surface area contributed by atoms with E-state index >= 15 is 0 Å². The number of carbonyl (C=O) groups excluding carboxylic acids is 1. The second-order valence-corrected chi connectivity index (χ2v) is 3.73. The number of hydrogen-bond donors (Lipinski definition) is 0. The fraction of sp³-hybridized carbons (Fsp3) is 0.273. The van der Waals surface area contributed by atoms with E-state index in [0.29, 0.717) is 6.54 Å². The molecule has 0 atom stereocenters. The molecule has 0 N–H and O–H groups in total. The third kappa shape index (κ3) is 1.70. The Labute approximate surface area is 86.8 Å². The van der Waals surface area contributed by atoms with Gasteiger partial charge >= 0.3 is 0 Å². The van der Waals surface area contributed by atoms with Gasteiger partial charge in [-0.3, -0.25) is 14.0 Å². The number of nitrogens with zero attached hydrogens (tertiary/aromatic N) is 2. The molecule has 2 aromatic rings. The smallest absolute Gasteiger partial charge is 0.257 e. The van der Waals surface area contributed by atoms with Crippen LogP contribution in [0.2, 0.25) is 0 Å². The molecule has 0 spiro atoms. The normalized spacial score (nSPS) is 10.8. The van der Waals surface area contributed by atoms with Crippen molar-refractivity contribution in [3.63, 3.8) is 0 Å². The molecule has 2 aromatic heterocycles. The van der Waals surface area contributed by atoms with Crippen LogP contribution in [0.15, 0.2) is 29.3 Å². The molecule has 0 bridgehead atoms. The van der Waals surface area contributed by atoms with Crippen molar-refractivity contribution in [1.29, 1.82) is 0 Å². The zero-order chi connectivity index (χ0) is 11.0. The van der Waals surface area contributed by atoms with Gasteiger partial charge in [0, 0.05) is 18.5 Å². The van der Waals surface area contributed by atoms with Gasteiger partial charge in [0.25, 0.3) is 5.56 Å². The number of aryl methyl sites for hydroxylation is 1. The lowest BCUT2D eigenvalue weighted by molar-refractivity contribution is -0.117. The van der Waals surface area contributed by atoms with Crippen LogP contribution in [0.4, 0.5) is 0 Å². The van der Waals surface area contributed by atoms with Gasteiger partial charge in [-0.2, -0.15) is 0 Å². The third-order valence-corrected chi connectivity index (χ3v) is 2.26. The molecule has 0 aliphatic rings. The molecule has 0 aromatic carbocycles. The van der Waals surface area contributed by atoms with Gasteiger partial charge in [0.2, 0.25) is 0 Å². The van der Waals surface area contributed by atoms with Gasteiger partial charge in [0.1, 0.15) is 11.4 Å². The molecule has 2 heterocycles. The van der Waals surface area contributed by atoms with Crippen molar-refractivity contribution in [2.24, 2.45) is 0 Å². The molecular formula is C11H12N2O2. The van der Waals surface area contributed by atoms with Crippen LogP contribution in [0.5, 0.6) is 0 Å². The summed E-state index contributed by atoms with van der Waals surface area (Å²) in [5.74, 6) is 0.0689. The molecule has 0 aliphatic heterocycles. The monoisotopic (exact) mass is 204 g/mol. The highest BCUT2D eigenvalue weighted by Crippen LogP contribution is 2.06. The van der Waals surface area contributed by atoms with E-state index in [1.165, 1.54) is 13.0 Å². The summed E-state index contributed by atoms with van der Waals surface area (Å²) in [6, 6.07) is 3.36. The zero-order valence-electron chi connectivity index (χ0n) is 8.73. The Morgan fingerprint density at radius 3 is 2.87 bits per heavy atom. The minimum atomic E-state index is -0.0714. The molecule has 4 heteroatoms. The van der Waals surface area contributed by atoms with Crippen LogP contribution in [-0.4, -0.2) is 14.8 Å². The van der Waals surface area contributed by atoms with Crippen LogP contribution >= 0.6 is 0 Å². The first kappa shape index (κ1) is 9.71. The zero-order valence-corrected chi connectivity index (χ0v) is 8.73. The summed E-state index contributed by atoms with van der Waals surface area (Å²) in [6.45, 7) is 3.75. The summed E-state index contributed by atoms with van der Waals surface area (Å²) < 4.78 is 3.33. The molecule has 0 radical (unpaired) electrons. The fourth-order valence-corrected chi connectivity index (χ4v) is 1.66. The summed E-state index contributed by atoms with van der Waals surface area (Å²) in [4.78, 5) is 22.5. The highest BCUT2D eigenvalue weighted by molar-refractivity contribution is 5.76. The minimum absolute atomic E-state index is 0.0689. The molecule has 0 fully saturated rings. The van der Waals surface area contributed by atoms with Gasteiger partial charge in [-0.15, -0.1) is 0 Å². The lowest BCUT2D eigenvalue weighted by Crippen LogP contribution is -2.17. The predicted molar refractivity (Wildman–Crippen MR) is 57.1 cm³/mol. The quantitative estimate of drug-likeness (QED) is 0.732. The van der Waals surface area contributed by atoms with Gasteiger partial charge < -0.3 is 4.57 Å². The van der Waals surface area contributed by atoms with E-state index in [2.05, 4.69) is 0 Å². The number of ketones is 1. The molecule has 0 amide bonds. The molecule has 0 saturated carbocycles. The molecule has 15 heavy (non-hydrogen) atoms. The molecule has 78 valence electrons. The molecule has 0 unspecified atom stereocenters. The van der Waals surface area contributed by atoms with Crippen molar-refractivity contribution in [3.05, 3.63) is 40.4 Å². The lowest BCUT2D eigenvalue weighted by atomic mass is 10.4. The molecular weight excluding hydrogens is 192 g/mol. The highest BCUT2D eigenvalue weighted by Gasteiger charge is 2.04. The van der Waals surface area contributed by atoms with Crippen molar-refractivity contribution in [2.75, 3.05) is 0 Å². The largest absolute Gasteiger partial charge is 0.326 e. The maximum absolute atomic E-state index is 11.5. The Morgan fingerprint density at radius 2 is 2.20 bits per heavy atom. The van der Waals surface area contributed by atoms with Crippen molar-refractivity contribution >= 4 is 11.4 Å². The van der Waals surface area contributed by atoms with Gasteiger partial charge in [0.05, 0.1) is 6.54 Å². The summed E-state index contributed by atoms with van der Waals surface area (Å²) in [7, 11) is 0. The van der Waals surface area contributed by atoms with Crippen LogP contribution in [-0.2, 0) is 11.3 Å². The molecule has 4 nitrogen and oxygen atoms in total. The van der Waals surface area contributed by atoms with Crippen LogP contribution in [0.25, 0.3) is 5.65 Å². The highest BCUT2D eigenvalue weighted by atomic mass is 16.1. The minimum Gasteiger partial charge on any atom is -0.326 e. The molecule has 0 saturated heterocycles. The van der Waals surface area contributed by atoms with Crippen molar-refractivity contribution < 1.29 is 4.79 Å². The average molecular weight is 204 g/mol. The molecule has 2 rings (SSSR count). The van der Waals surface area contributed by atoms with Gasteiger partial charge in [-0.05, 0) is 25.5 Å². The van der Waals surface area contributed by atoms with Crippen molar-refractivity contribution in [1.82, 2.24) is 8.97 Å². The Bertz CT molecular complexity index is 578. The number of Topliss-reactive ketones (excluding diaryl/α,β-unsaturated/α-hetero) is 1. The standard InChI is InChI=1S/C11H12N2O2/c1-8-5-10-12(7-9(2)14)4-3-11(15)13(10)6-8/h3-6H,7H2,1-2H3. The lowest BCUT2D eigenvalue weighted by Gasteiger charge is -2.05. The van der Waals surface area contributed by atoms with E-state index in [-0.39, 0.29) is 11.3 Å². The summed E-state index contributed by atoms with van der Waals surface area (Å²) in [5.41, 5.74) is 1.70. The van der Waals surface area contributed by atoms with Gasteiger partial charge in [0.15, 0.2) is 0 Å². The average Bonchev–Trinajstić information content (AvgIpc) is 2.52. The maximum Gasteiger partial charge on any atom is 0.257 e. The Kier molecular flexibility index (Phi) is 2.19. The maximum atomic E-state index is 11.5. The first-order valence-corrected chi connectivity index (χ1v) is 4.75. The van der Waals surface area contributed by atoms with Gasteiger partial charge in [-0.25, -0.2) is 0 Å². The second kappa shape index (κ2) is 3.38. The predicted octanol–water partition coefficient (Wildman–Crippen LogP) is 0.998. The van der Waals surface area contributed by atoms with Crippen LogP contribution in [0.3, 0.4) is 0 Å². The number of hydrogen-bond acceptors (Lipinski definition) is 2. The Morgan fingerprint density at radius 1 is 1.47 bits per heavy atom.